The first-order valence-corrected chi connectivity index (χ1v) is 16.4. The number of amides is 1. The summed E-state index contributed by atoms with van der Waals surface area (Å²) >= 11 is 6.57. The van der Waals surface area contributed by atoms with Gasteiger partial charge in [-0.25, -0.2) is 4.79 Å². The van der Waals surface area contributed by atoms with Crippen LogP contribution in [0.4, 0.5) is 10.5 Å². The molecule has 2 aromatic heterocycles. The number of aromatic nitrogens is 4. The van der Waals surface area contributed by atoms with Crippen LogP contribution < -0.4 is 10.1 Å². The number of unbranched alkanes of at least 4 members (excludes halogenated alkanes) is 10. The number of anilines is 1. The summed E-state index contributed by atoms with van der Waals surface area (Å²) in [7, 11) is 1.53. The molecule has 44 heavy (non-hydrogen) atoms. The van der Waals surface area contributed by atoms with Gasteiger partial charge < -0.3 is 19.2 Å². The third kappa shape index (κ3) is 10.7. The van der Waals surface area contributed by atoms with Gasteiger partial charge in [-0.2, -0.15) is 5.10 Å². The van der Waals surface area contributed by atoms with E-state index in [1.165, 1.54) is 63.1 Å². The Morgan fingerprint density at radius 3 is 2.23 bits per heavy atom. The number of methoxy groups -OCH3 is 1. The average Bonchev–Trinajstić information content (AvgIpc) is 3.53. The second-order valence-corrected chi connectivity index (χ2v) is 12.8. The molecule has 11 heteroatoms. The van der Waals surface area contributed by atoms with Crippen molar-refractivity contribution < 1.29 is 23.8 Å². The van der Waals surface area contributed by atoms with E-state index in [9.17, 15) is 9.59 Å². The Morgan fingerprint density at radius 1 is 1.00 bits per heavy atom. The maximum absolute atomic E-state index is 12.5. The first kappa shape index (κ1) is 35.2. The molecule has 3 aromatic rings. The summed E-state index contributed by atoms with van der Waals surface area (Å²) in [6, 6.07) is 5.15. The van der Waals surface area contributed by atoms with Crippen molar-refractivity contribution in [3.05, 3.63) is 28.9 Å². The second kappa shape index (κ2) is 17.3. The second-order valence-electron chi connectivity index (χ2n) is 12.4. The van der Waals surface area contributed by atoms with Crippen LogP contribution in [0.25, 0.3) is 17.0 Å². The van der Waals surface area contributed by atoms with Gasteiger partial charge in [0.1, 0.15) is 23.5 Å². The van der Waals surface area contributed by atoms with E-state index in [2.05, 4.69) is 27.4 Å². The first-order chi connectivity index (χ1) is 21.0. The normalized spacial score (nSPS) is 12.3. The zero-order chi connectivity index (χ0) is 32.1. The van der Waals surface area contributed by atoms with Gasteiger partial charge in [-0.3, -0.25) is 10.1 Å². The summed E-state index contributed by atoms with van der Waals surface area (Å²) in [5, 5.41) is 12.3. The number of fused-ring (bicyclic) bond motifs is 1. The molecule has 0 aliphatic carbocycles. The van der Waals surface area contributed by atoms with Gasteiger partial charge >= 0.3 is 12.1 Å². The van der Waals surface area contributed by atoms with E-state index >= 15 is 0 Å². The lowest BCUT2D eigenvalue weighted by Gasteiger charge is -2.15. The number of H-pyrrole nitrogens is 1. The van der Waals surface area contributed by atoms with Crippen molar-refractivity contribution in [2.24, 2.45) is 0 Å². The molecule has 1 amide bonds. The smallest absolute Gasteiger partial charge is 0.412 e. The fraction of sp³-hybridized carbons (Fsp3) is 0.636. The number of rotatable bonds is 18. The molecule has 2 heterocycles. The number of esters is 1. The van der Waals surface area contributed by atoms with Crippen LogP contribution in [0.15, 0.2) is 18.2 Å². The Bertz CT molecular complexity index is 1350. The van der Waals surface area contributed by atoms with Gasteiger partial charge in [0.15, 0.2) is 11.5 Å². The van der Waals surface area contributed by atoms with Crippen LogP contribution >= 0.6 is 11.6 Å². The van der Waals surface area contributed by atoms with Gasteiger partial charge in [-0.15, -0.1) is 9.73 Å². The highest BCUT2D eigenvalue weighted by Gasteiger charge is 2.26. The van der Waals surface area contributed by atoms with Crippen LogP contribution in [0.5, 0.6) is 5.75 Å². The van der Waals surface area contributed by atoms with Gasteiger partial charge in [0.25, 0.3) is 0 Å². The molecule has 2 N–H and O–H groups in total. The number of nitrogens with one attached hydrogen (secondary N) is 2. The number of aromatic amines is 1. The van der Waals surface area contributed by atoms with Crippen LogP contribution in [-0.2, 0) is 19.7 Å². The molecule has 3 rings (SSSR count). The molecule has 1 unspecified atom stereocenters. The summed E-state index contributed by atoms with van der Waals surface area (Å²) in [5.41, 5.74) is 2.26. The zero-order valence-corrected chi connectivity index (χ0v) is 28.0. The molecule has 10 nitrogen and oxygen atoms in total. The highest BCUT2D eigenvalue weighted by molar-refractivity contribution is 6.34. The van der Waals surface area contributed by atoms with Gasteiger partial charge in [0.05, 0.1) is 18.4 Å². The fourth-order valence-electron chi connectivity index (χ4n) is 4.94. The molecule has 0 aliphatic heterocycles. The lowest BCUT2D eigenvalue weighted by molar-refractivity contribution is -0.146. The number of hydrogen-bond acceptors (Lipinski definition) is 7. The standard InChI is InChI=1S/C33H50ClN5O5/c1-7-8-9-10-11-12-13-14-15-16-17-18-27(40)43-22-23(2)44-32(41)35-24-19-20-25(26(21-24)42-6)30-36-31-28(34)29(33(3,4)5)37-39(31)38-30/h19-21,23H,7-18,22H2,1-6H3,(H,35,41)(H,36,38). The first-order valence-electron chi connectivity index (χ1n) is 16.0. The Balaban J connectivity index is 1.38. The van der Waals surface area contributed by atoms with Crippen molar-refractivity contribution in [1.82, 2.24) is 19.8 Å². The van der Waals surface area contributed by atoms with Crippen molar-refractivity contribution in [3.63, 3.8) is 0 Å². The summed E-state index contributed by atoms with van der Waals surface area (Å²) in [5.74, 6) is 0.735. The molecule has 1 aromatic carbocycles. The summed E-state index contributed by atoms with van der Waals surface area (Å²) in [6.07, 6.45) is 12.6. The van der Waals surface area contributed by atoms with Crippen molar-refractivity contribution in [1.29, 1.82) is 0 Å². The van der Waals surface area contributed by atoms with Crippen molar-refractivity contribution >= 4 is 35.0 Å². The molecule has 0 saturated carbocycles. The number of benzene rings is 1. The topological polar surface area (TPSA) is 120 Å². The molecule has 0 aliphatic rings. The van der Waals surface area contributed by atoms with Crippen molar-refractivity contribution in [2.75, 3.05) is 19.0 Å². The fourth-order valence-corrected chi connectivity index (χ4v) is 5.39. The number of hydrogen-bond donors (Lipinski definition) is 2. The summed E-state index contributed by atoms with van der Waals surface area (Å²) < 4.78 is 17.7. The molecular weight excluding hydrogens is 582 g/mol. The summed E-state index contributed by atoms with van der Waals surface area (Å²) in [4.78, 5) is 27.8. The van der Waals surface area contributed by atoms with Crippen LogP contribution in [0.2, 0.25) is 5.02 Å². The Morgan fingerprint density at radius 2 is 1.64 bits per heavy atom. The van der Waals surface area contributed by atoms with Gasteiger partial charge in [0.2, 0.25) is 0 Å². The van der Waals surface area contributed by atoms with Crippen molar-refractivity contribution in [2.45, 2.75) is 123 Å². The molecule has 0 spiro atoms. The molecule has 0 saturated heterocycles. The van der Waals surface area contributed by atoms with Crippen LogP contribution in [0.3, 0.4) is 0 Å². The highest BCUT2D eigenvalue weighted by atomic mass is 35.5. The predicted octanol–water partition coefficient (Wildman–Crippen LogP) is 8.87. The maximum atomic E-state index is 12.5. The van der Waals surface area contributed by atoms with Gasteiger partial charge in [0, 0.05) is 23.6 Å². The highest BCUT2D eigenvalue weighted by Crippen LogP contribution is 2.34. The van der Waals surface area contributed by atoms with Crippen LogP contribution in [0, 0.1) is 0 Å². The zero-order valence-electron chi connectivity index (χ0n) is 27.3. The predicted molar refractivity (Wildman–Crippen MR) is 175 cm³/mol. The third-order valence-electron chi connectivity index (χ3n) is 7.43. The SMILES string of the molecule is CCCCCCCCCCCCCC(=O)OCC(C)OC(=O)Nc1ccc(-c2nn3nc(C(C)(C)C)c(Cl)c3[nH]2)c(OC)c1. The van der Waals surface area contributed by atoms with Crippen LogP contribution in [-0.4, -0.2) is 51.7 Å². The van der Waals surface area contributed by atoms with E-state index in [4.69, 9.17) is 25.8 Å². The molecule has 0 radical (unpaired) electrons. The Labute approximate surface area is 266 Å². The largest absolute Gasteiger partial charge is 0.496 e. The van der Waals surface area contributed by atoms with Crippen molar-refractivity contribution in [3.8, 4) is 17.1 Å². The minimum absolute atomic E-state index is 0.00631. The van der Waals surface area contributed by atoms with E-state index in [0.717, 1.165) is 25.0 Å². The number of halogens is 1. The van der Waals surface area contributed by atoms with E-state index in [-0.39, 0.29) is 18.0 Å². The van der Waals surface area contributed by atoms with Gasteiger partial charge in [-0.1, -0.05) is 104 Å². The Kier molecular flexibility index (Phi) is 13.8. The van der Waals surface area contributed by atoms with Gasteiger partial charge in [-0.05, 0) is 25.5 Å². The van der Waals surface area contributed by atoms with E-state index in [1.54, 1.807) is 25.1 Å². The van der Waals surface area contributed by atoms with Crippen LogP contribution in [0.1, 0.15) is 117 Å². The number of ether oxygens (including phenoxy) is 3. The average molecular weight is 632 g/mol. The number of nitrogens with zero attached hydrogens (tertiary/aromatic N) is 3. The van der Waals surface area contributed by atoms with E-state index in [1.807, 2.05) is 20.8 Å². The van der Waals surface area contributed by atoms with E-state index < -0.39 is 12.2 Å². The Hall–Kier alpha value is -3.27. The summed E-state index contributed by atoms with van der Waals surface area (Å²) in [6.45, 7) is 10.0. The maximum Gasteiger partial charge on any atom is 0.412 e. The number of carbonyl (C=O) groups excluding carboxylic acids is 2. The minimum Gasteiger partial charge on any atom is -0.496 e. The molecule has 0 fully saturated rings. The third-order valence-corrected chi connectivity index (χ3v) is 7.79. The minimum atomic E-state index is -0.660. The number of carbonyl (C=O) groups is 2. The lowest BCUT2D eigenvalue weighted by Crippen LogP contribution is -2.25. The molecule has 1 atom stereocenters. The lowest BCUT2D eigenvalue weighted by atomic mass is 9.92. The molecular formula is C33H50ClN5O5. The molecule has 0 bridgehead atoms. The quantitative estimate of drug-likeness (QED) is 0.106. The van der Waals surface area contributed by atoms with E-state index in [0.29, 0.717) is 39.9 Å². The molecule has 244 valence electrons. The monoisotopic (exact) mass is 631 g/mol.